The Morgan fingerprint density at radius 3 is 2.65 bits per heavy atom. The Bertz CT molecular complexity index is 238. The van der Waals surface area contributed by atoms with Gasteiger partial charge in [-0.2, -0.15) is 0 Å². The highest BCUT2D eigenvalue weighted by Gasteiger charge is 2.39. The van der Waals surface area contributed by atoms with Crippen LogP contribution in [0.3, 0.4) is 0 Å². The summed E-state index contributed by atoms with van der Waals surface area (Å²) in [6, 6.07) is 0. The summed E-state index contributed by atoms with van der Waals surface area (Å²) in [5.74, 6) is 1.68. The van der Waals surface area contributed by atoms with E-state index < -0.39 is 0 Å². The lowest BCUT2D eigenvalue weighted by Crippen LogP contribution is -2.25. The van der Waals surface area contributed by atoms with Crippen molar-refractivity contribution >= 4 is 0 Å². The van der Waals surface area contributed by atoms with Crippen molar-refractivity contribution in [2.45, 2.75) is 57.3 Å². The van der Waals surface area contributed by atoms with E-state index in [0.717, 1.165) is 44.5 Å². The topological polar surface area (TPSA) is 27.7 Å². The van der Waals surface area contributed by atoms with Crippen LogP contribution in [-0.2, 0) is 14.2 Å². The number of hydrogen-bond donors (Lipinski definition) is 0. The minimum atomic E-state index is 0.0745. The molecule has 1 saturated carbocycles. The predicted molar refractivity (Wildman–Crippen MR) is 64.7 cm³/mol. The molecule has 3 fully saturated rings. The van der Waals surface area contributed by atoms with Gasteiger partial charge >= 0.3 is 0 Å². The highest BCUT2D eigenvalue weighted by Crippen LogP contribution is 2.41. The summed E-state index contributed by atoms with van der Waals surface area (Å²) in [5, 5.41) is 0. The van der Waals surface area contributed by atoms with Crippen LogP contribution in [0.4, 0.5) is 0 Å². The van der Waals surface area contributed by atoms with Crippen molar-refractivity contribution in [2.75, 3.05) is 19.8 Å². The summed E-state index contributed by atoms with van der Waals surface area (Å²) in [4.78, 5) is 0. The number of hydrogen-bond acceptors (Lipinski definition) is 3. The van der Waals surface area contributed by atoms with Crippen molar-refractivity contribution in [3.05, 3.63) is 0 Å². The monoisotopic (exact) mass is 240 g/mol. The molecule has 0 bridgehead atoms. The molecule has 3 unspecified atom stereocenters. The first-order valence-corrected chi connectivity index (χ1v) is 7.28. The highest BCUT2D eigenvalue weighted by molar-refractivity contribution is 4.88. The van der Waals surface area contributed by atoms with E-state index in [4.69, 9.17) is 14.2 Å². The van der Waals surface area contributed by atoms with E-state index in [9.17, 15) is 0 Å². The second kappa shape index (κ2) is 5.68. The van der Waals surface area contributed by atoms with Crippen LogP contribution in [0.5, 0.6) is 0 Å². The van der Waals surface area contributed by atoms with Crippen LogP contribution in [-0.4, -0.2) is 32.2 Å². The van der Waals surface area contributed by atoms with Crippen LogP contribution in [0, 0.1) is 11.8 Å². The average Bonchev–Trinajstić information content (AvgIpc) is 2.95. The molecule has 3 nitrogen and oxygen atoms in total. The van der Waals surface area contributed by atoms with Crippen molar-refractivity contribution < 1.29 is 14.2 Å². The van der Waals surface area contributed by atoms with Crippen LogP contribution < -0.4 is 0 Å². The first-order chi connectivity index (χ1) is 8.43. The zero-order chi connectivity index (χ0) is 11.5. The van der Waals surface area contributed by atoms with Crippen molar-refractivity contribution in [1.29, 1.82) is 0 Å². The van der Waals surface area contributed by atoms with Gasteiger partial charge in [-0.05, 0) is 50.4 Å². The predicted octanol–water partition coefficient (Wildman–Crippen LogP) is 2.73. The lowest BCUT2D eigenvalue weighted by molar-refractivity contribution is -0.181. The maximum absolute atomic E-state index is 5.87. The molecule has 3 atom stereocenters. The van der Waals surface area contributed by atoms with E-state index in [1.807, 2.05) is 0 Å². The molecule has 3 heteroatoms. The SMILES string of the molecule is C1COC(CCCC2COC3CCCC23)OC1. The molecular formula is C14H24O3. The fourth-order valence-corrected chi connectivity index (χ4v) is 3.62. The normalized spacial score (nSPS) is 38.5. The zero-order valence-electron chi connectivity index (χ0n) is 10.6. The van der Waals surface area contributed by atoms with Gasteiger partial charge in [-0.1, -0.05) is 6.42 Å². The van der Waals surface area contributed by atoms with Crippen LogP contribution in [0.1, 0.15) is 44.9 Å². The summed E-state index contributed by atoms with van der Waals surface area (Å²) < 4.78 is 17.0. The van der Waals surface area contributed by atoms with Crippen molar-refractivity contribution in [2.24, 2.45) is 11.8 Å². The first kappa shape index (κ1) is 11.9. The molecule has 1 aliphatic carbocycles. The van der Waals surface area contributed by atoms with Gasteiger partial charge in [0, 0.05) is 0 Å². The van der Waals surface area contributed by atoms with Crippen LogP contribution in [0.25, 0.3) is 0 Å². The molecule has 0 aromatic heterocycles. The molecular weight excluding hydrogens is 216 g/mol. The van der Waals surface area contributed by atoms with Gasteiger partial charge in [0.2, 0.25) is 0 Å². The molecule has 0 N–H and O–H groups in total. The smallest absolute Gasteiger partial charge is 0.157 e. The maximum atomic E-state index is 5.87. The summed E-state index contributed by atoms with van der Waals surface area (Å²) in [6.45, 7) is 2.76. The maximum Gasteiger partial charge on any atom is 0.157 e. The quantitative estimate of drug-likeness (QED) is 0.756. The summed E-state index contributed by atoms with van der Waals surface area (Å²) in [6.07, 6.45) is 9.38. The molecule has 3 aliphatic rings. The lowest BCUT2D eigenvalue weighted by atomic mass is 9.88. The Balaban J connectivity index is 1.36. The third-order valence-electron chi connectivity index (χ3n) is 4.54. The van der Waals surface area contributed by atoms with Crippen LogP contribution in [0.2, 0.25) is 0 Å². The van der Waals surface area contributed by atoms with Gasteiger partial charge in [-0.15, -0.1) is 0 Å². The average molecular weight is 240 g/mol. The van der Waals surface area contributed by atoms with Gasteiger partial charge in [-0.3, -0.25) is 0 Å². The van der Waals surface area contributed by atoms with Gasteiger partial charge in [-0.25, -0.2) is 0 Å². The molecule has 2 heterocycles. The fraction of sp³-hybridized carbons (Fsp3) is 1.00. The Morgan fingerprint density at radius 1 is 0.882 bits per heavy atom. The molecule has 0 spiro atoms. The Labute approximate surface area is 104 Å². The van der Waals surface area contributed by atoms with Crippen molar-refractivity contribution in [3.63, 3.8) is 0 Å². The molecule has 0 amide bonds. The van der Waals surface area contributed by atoms with Gasteiger partial charge in [0.25, 0.3) is 0 Å². The molecule has 0 radical (unpaired) electrons. The van der Waals surface area contributed by atoms with E-state index in [-0.39, 0.29) is 6.29 Å². The second-order valence-corrected chi connectivity index (χ2v) is 5.68. The van der Waals surface area contributed by atoms with E-state index in [1.165, 1.54) is 32.1 Å². The molecule has 3 rings (SSSR count). The highest BCUT2D eigenvalue weighted by atomic mass is 16.7. The van der Waals surface area contributed by atoms with Gasteiger partial charge in [0.05, 0.1) is 25.9 Å². The number of fused-ring (bicyclic) bond motifs is 1. The van der Waals surface area contributed by atoms with Crippen molar-refractivity contribution in [3.8, 4) is 0 Å². The van der Waals surface area contributed by atoms with Gasteiger partial charge in [0.15, 0.2) is 6.29 Å². The Kier molecular flexibility index (Phi) is 3.99. The van der Waals surface area contributed by atoms with Gasteiger partial charge in [0.1, 0.15) is 0 Å². The Hall–Kier alpha value is -0.120. The van der Waals surface area contributed by atoms with E-state index in [1.54, 1.807) is 0 Å². The minimum Gasteiger partial charge on any atom is -0.378 e. The summed E-state index contributed by atoms with van der Waals surface area (Å²) in [5.41, 5.74) is 0. The van der Waals surface area contributed by atoms with Crippen molar-refractivity contribution in [1.82, 2.24) is 0 Å². The van der Waals surface area contributed by atoms with E-state index in [0.29, 0.717) is 6.10 Å². The third kappa shape index (κ3) is 2.83. The minimum absolute atomic E-state index is 0.0745. The number of rotatable bonds is 4. The molecule has 17 heavy (non-hydrogen) atoms. The standard InChI is InChI=1S/C14H24O3/c1(7-14-15-8-3-9-16-14)4-11-10-17-13-6-2-5-12(11)13/h11-14H,1-10H2. The van der Waals surface area contributed by atoms with Crippen LogP contribution >= 0.6 is 0 Å². The largest absolute Gasteiger partial charge is 0.378 e. The van der Waals surface area contributed by atoms with Gasteiger partial charge < -0.3 is 14.2 Å². The zero-order valence-corrected chi connectivity index (χ0v) is 10.6. The van der Waals surface area contributed by atoms with E-state index >= 15 is 0 Å². The molecule has 2 aliphatic heterocycles. The lowest BCUT2D eigenvalue weighted by Gasteiger charge is -2.24. The molecule has 0 aromatic carbocycles. The van der Waals surface area contributed by atoms with Crippen LogP contribution in [0.15, 0.2) is 0 Å². The van der Waals surface area contributed by atoms with E-state index in [2.05, 4.69) is 0 Å². The molecule has 98 valence electrons. The Morgan fingerprint density at radius 2 is 1.76 bits per heavy atom. The third-order valence-corrected chi connectivity index (χ3v) is 4.54. The molecule has 2 saturated heterocycles. The second-order valence-electron chi connectivity index (χ2n) is 5.68. The summed E-state index contributed by atoms with van der Waals surface area (Å²) in [7, 11) is 0. The fourth-order valence-electron chi connectivity index (χ4n) is 3.62. The number of ether oxygens (including phenoxy) is 3. The molecule has 0 aromatic rings. The first-order valence-electron chi connectivity index (χ1n) is 7.28. The summed E-state index contributed by atoms with van der Waals surface area (Å²) >= 11 is 0.